The molecule has 1 spiro atoms. The number of fused-ring (bicyclic) bond motifs is 1. The molecule has 0 aromatic heterocycles. The van der Waals surface area contributed by atoms with E-state index in [0.717, 1.165) is 91.9 Å². The molecule has 2 saturated heterocycles. The van der Waals surface area contributed by atoms with Crippen molar-refractivity contribution in [2.45, 2.75) is 50.9 Å². The molecule has 0 aliphatic carbocycles. The number of carbonyl (C=O) groups is 1. The first-order valence-corrected chi connectivity index (χ1v) is 18.0. The minimum atomic E-state index is -0.799. The van der Waals surface area contributed by atoms with Crippen LogP contribution in [0.1, 0.15) is 55.5 Å². The highest BCUT2D eigenvalue weighted by molar-refractivity contribution is 5.99. The van der Waals surface area contributed by atoms with Crippen LogP contribution in [0.2, 0.25) is 0 Å². The second-order valence-electron chi connectivity index (χ2n) is 13.5. The SMILES string of the molecule is CCN(CCOC1=NCN(c2ccccc2)C12CCN(CCCC1(c3ccc(F)cc3)OCCO1)CC2)c1ccc2cc(C(C)=O)ccc2c1. The molecule has 2 fully saturated rings. The third kappa shape index (κ3) is 6.99. The number of likely N-dealkylation sites (N-methyl/N-ethyl adjacent to an activating group) is 1. The van der Waals surface area contributed by atoms with E-state index in [1.807, 2.05) is 18.2 Å². The van der Waals surface area contributed by atoms with Gasteiger partial charge in [0.05, 0.1) is 19.8 Å². The van der Waals surface area contributed by atoms with Gasteiger partial charge in [0.1, 0.15) is 24.6 Å². The van der Waals surface area contributed by atoms with Gasteiger partial charge >= 0.3 is 0 Å². The van der Waals surface area contributed by atoms with E-state index in [2.05, 4.69) is 70.2 Å². The molecule has 8 nitrogen and oxygen atoms in total. The van der Waals surface area contributed by atoms with E-state index in [1.54, 1.807) is 19.1 Å². The molecule has 0 N–H and O–H groups in total. The molecule has 3 aliphatic rings. The molecule has 262 valence electrons. The van der Waals surface area contributed by atoms with Crippen LogP contribution in [-0.4, -0.2) is 81.3 Å². The van der Waals surface area contributed by atoms with Crippen molar-refractivity contribution in [1.82, 2.24) is 4.90 Å². The normalized spacial score (nSPS) is 18.5. The van der Waals surface area contributed by atoms with Crippen molar-refractivity contribution < 1.29 is 23.4 Å². The molecule has 4 aromatic carbocycles. The Morgan fingerprint density at radius 3 is 2.38 bits per heavy atom. The number of hydrogen-bond acceptors (Lipinski definition) is 8. The summed E-state index contributed by atoms with van der Waals surface area (Å²) >= 11 is 0. The van der Waals surface area contributed by atoms with E-state index in [9.17, 15) is 9.18 Å². The first kappa shape index (κ1) is 34.2. The molecule has 3 heterocycles. The number of Topliss-reactive ketones (excluding diaryl/α,β-unsaturated/α-hetero) is 1. The van der Waals surface area contributed by atoms with E-state index in [0.29, 0.717) is 26.5 Å². The Morgan fingerprint density at radius 1 is 0.940 bits per heavy atom. The van der Waals surface area contributed by atoms with Crippen molar-refractivity contribution in [2.75, 3.05) is 69.0 Å². The molecule has 0 radical (unpaired) electrons. The van der Waals surface area contributed by atoms with Crippen LogP contribution in [0.25, 0.3) is 10.8 Å². The van der Waals surface area contributed by atoms with Crippen molar-refractivity contribution in [3.05, 3.63) is 108 Å². The van der Waals surface area contributed by atoms with Crippen LogP contribution in [0.5, 0.6) is 0 Å². The first-order valence-electron chi connectivity index (χ1n) is 18.0. The van der Waals surface area contributed by atoms with Gasteiger partial charge < -0.3 is 28.9 Å². The van der Waals surface area contributed by atoms with E-state index in [4.69, 9.17) is 19.2 Å². The summed E-state index contributed by atoms with van der Waals surface area (Å²) in [7, 11) is 0. The van der Waals surface area contributed by atoms with Gasteiger partial charge in [0.25, 0.3) is 0 Å². The van der Waals surface area contributed by atoms with Crippen LogP contribution < -0.4 is 9.80 Å². The molecular formula is C41H47FN4O4. The lowest BCUT2D eigenvalue weighted by atomic mass is 9.85. The van der Waals surface area contributed by atoms with E-state index >= 15 is 0 Å². The van der Waals surface area contributed by atoms with Gasteiger partial charge in [-0.05, 0) is 92.9 Å². The topological polar surface area (TPSA) is 66.8 Å². The number of carbonyl (C=O) groups excluding carboxylic acids is 1. The summed E-state index contributed by atoms with van der Waals surface area (Å²) in [6.07, 6.45) is 3.46. The predicted octanol–water partition coefficient (Wildman–Crippen LogP) is 7.42. The summed E-state index contributed by atoms with van der Waals surface area (Å²) in [4.78, 5) is 24.2. The number of ketones is 1. The maximum Gasteiger partial charge on any atom is 0.212 e. The van der Waals surface area contributed by atoms with Crippen LogP contribution >= 0.6 is 0 Å². The molecule has 0 unspecified atom stereocenters. The molecule has 7 rings (SSSR count). The molecule has 9 heteroatoms. The third-order valence-corrected chi connectivity index (χ3v) is 10.6. The lowest BCUT2D eigenvalue weighted by Gasteiger charge is -2.45. The number of rotatable bonds is 12. The lowest BCUT2D eigenvalue weighted by Crippen LogP contribution is -2.58. The minimum absolute atomic E-state index is 0.0772. The average molecular weight is 679 g/mol. The third-order valence-electron chi connectivity index (χ3n) is 10.6. The number of benzene rings is 4. The fraction of sp³-hybridized carbons (Fsp3) is 0.415. The van der Waals surface area contributed by atoms with Crippen LogP contribution in [0.4, 0.5) is 15.8 Å². The van der Waals surface area contributed by atoms with Gasteiger partial charge in [-0.3, -0.25) is 4.79 Å². The van der Waals surface area contributed by atoms with Crippen LogP contribution in [0.3, 0.4) is 0 Å². The Balaban J connectivity index is 0.991. The average Bonchev–Trinajstić information content (AvgIpc) is 3.76. The summed E-state index contributed by atoms with van der Waals surface area (Å²) in [5, 5.41) is 2.18. The Bertz CT molecular complexity index is 1800. The monoisotopic (exact) mass is 678 g/mol. The molecule has 3 aliphatic heterocycles. The fourth-order valence-electron chi connectivity index (χ4n) is 7.80. The zero-order valence-corrected chi connectivity index (χ0v) is 29.2. The number of halogens is 1. The quantitative estimate of drug-likeness (QED) is 0.145. The van der Waals surface area contributed by atoms with Crippen molar-refractivity contribution in [3.8, 4) is 0 Å². The van der Waals surface area contributed by atoms with Crippen molar-refractivity contribution in [3.63, 3.8) is 0 Å². The van der Waals surface area contributed by atoms with E-state index in [1.165, 1.54) is 17.8 Å². The number of likely N-dealkylation sites (tertiary alicyclic amines) is 1. The molecule has 0 amide bonds. The summed E-state index contributed by atoms with van der Waals surface area (Å²) in [6.45, 7) is 10.3. The highest BCUT2D eigenvalue weighted by Crippen LogP contribution is 2.40. The highest BCUT2D eigenvalue weighted by Gasteiger charge is 2.49. The zero-order valence-electron chi connectivity index (χ0n) is 29.2. The second kappa shape index (κ2) is 14.9. The molecule has 0 saturated carbocycles. The van der Waals surface area contributed by atoms with Gasteiger partial charge in [0, 0.05) is 48.6 Å². The number of para-hydroxylation sites is 1. The first-order chi connectivity index (χ1) is 24.4. The number of piperidine rings is 1. The summed E-state index contributed by atoms with van der Waals surface area (Å²) in [6, 6.07) is 29.4. The van der Waals surface area contributed by atoms with E-state index in [-0.39, 0.29) is 17.1 Å². The van der Waals surface area contributed by atoms with Gasteiger partial charge in [-0.15, -0.1) is 0 Å². The standard InChI is InChI=1S/C41H47FN4O4/c1-3-45(38-17-12-33-28-32(31(2)47)10-11-34(33)29-38)24-25-48-39-40(46(30-43-39)37-8-5-4-6-9-37)19-22-44(23-20-40)21-7-18-41(49-26-27-50-41)35-13-15-36(42)16-14-35/h4-6,8-17,28-29H,3,7,18-27,30H2,1-2H3. The van der Waals surface area contributed by atoms with Crippen molar-refractivity contribution in [2.24, 2.45) is 4.99 Å². The zero-order chi connectivity index (χ0) is 34.6. The van der Waals surface area contributed by atoms with Gasteiger partial charge in [-0.25, -0.2) is 9.38 Å². The fourth-order valence-corrected chi connectivity index (χ4v) is 7.80. The Kier molecular flexibility index (Phi) is 10.2. The lowest BCUT2D eigenvalue weighted by molar-refractivity contribution is -0.172. The smallest absolute Gasteiger partial charge is 0.212 e. The largest absolute Gasteiger partial charge is 0.477 e. The molecule has 50 heavy (non-hydrogen) atoms. The van der Waals surface area contributed by atoms with Crippen molar-refractivity contribution in [1.29, 1.82) is 0 Å². The maximum absolute atomic E-state index is 13.6. The molecule has 4 aromatic rings. The van der Waals surface area contributed by atoms with Crippen LogP contribution in [0, 0.1) is 5.82 Å². The van der Waals surface area contributed by atoms with Gasteiger partial charge in [-0.1, -0.05) is 48.5 Å². The van der Waals surface area contributed by atoms with Crippen LogP contribution in [-0.2, 0) is 20.0 Å². The summed E-state index contributed by atoms with van der Waals surface area (Å²) < 4.78 is 32.5. The Hall–Kier alpha value is -4.31. The molecular weight excluding hydrogens is 631 g/mol. The predicted molar refractivity (Wildman–Crippen MR) is 197 cm³/mol. The number of anilines is 2. The number of nitrogens with zero attached hydrogens (tertiary/aromatic N) is 4. The maximum atomic E-state index is 13.6. The Labute approximate surface area is 294 Å². The minimum Gasteiger partial charge on any atom is -0.477 e. The van der Waals surface area contributed by atoms with Gasteiger partial charge in [0.15, 0.2) is 11.6 Å². The summed E-state index contributed by atoms with van der Waals surface area (Å²) in [5.41, 5.74) is 3.62. The van der Waals surface area contributed by atoms with E-state index < -0.39 is 5.79 Å². The number of ether oxygens (including phenoxy) is 3. The van der Waals surface area contributed by atoms with Crippen LogP contribution in [0.15, 0.2) is 96.0 Å². The highest BCUT2D eigenvalue weighted by atomic mass is 19.1. The van der Waals surface area contributed by atoms with Crippen molar-refractivity contribution >= 4 is 33.8 Å². The molecule has 0 bridgehead atoms. The second-order valence-corrected chi connectivity index (χ2v) is 13.5. The number of hydrogen-bond donors (Lipinski definition) is 0. The Morgan fingerprint density at radius 2 is 1.66 bits per heavy atom. The molecule has 0 atom stereocenters. The summed E-state index contributed by atoms with van der Waals surface area (Å²) in [5.74, 6) is -0.138. The number of aliphatic imine (C=N–C) groups is 1. The van der Waals surface area contributed by atoms with Gasteiger partial charge in [-0.2, -0.15) is 0 Å². The van der Waals surface area contributed by atoms with Gasteiger partial charge in [0.2, 0.25) is 5.90 Å².